The number of hydrogen-bond donors (Lipinski definition) is 2. The van der Waals surface area contributed by atoms with Crippen LogP contribution in [-0.4, -0.2) is 17.6 Å². The number of benzene rings is 3. The lowest BCUT2D eigenvalue weighted by Crippen LogP contribution is -2.14. The van der Waals surface area contributed by atoms with Gasteiger partial charge in [0.15, 0.2) is 0 Å². The molecule has 0 heterocycles. The molecular formula is C25H26N2O2S. The number of carbonyl (C=O) groups excluding carboxylic acids is 2. The van der Waals surface area contributed by atoms with Gasteiger partial charge >= 0.3 is 0 Å². The molecule has 0 radical (unpaired) electrons. The average molecular weight is 419 g/mol. The highest BCUT2D eigenvalue weighted by Crippen LogP contribution is 2.21. The average Bonchev–Trinajstić information content (AvgIpc) is 2.74. The summed E-state index contributed by atoms with van der Waals surface area (Å²) in [7, 11) is 0. The Labute approximate surface area is 182 Å². The maximum absolute atomic E-state index is 12.2. The quantitative estimate of drug-likeness (QED) is 0.460. The molecule has 5 heteroatoms. The Bertz CT molecular complexity index is 968. The van der Waals surface area contributed by atoms with Crippen LogP contribution in [0.5, 0.6) is 0 Å². The second-order valence-corrected chi connectivity index (χ2v) is 8.40. The summed E-state index contributed by atoms with van der Waals surface area (Å²) >= 11 is 1.46. The van der Waals surface area contributed by atoms with Crippen molar-refractivity contribution in [3.63, 3.8) is 0 Å². The van der Waals surface area contributed by atoms with Crippen molar-refractivity contribution in [3.05, 3.63) is 90.0 Å². The van der Waals surface area contributed by atoms with E-state index < -0.39 is 0 Å². The molecule has 4 nitrogen and oxygen atoms in total. The van der Waals surface area contributed by atoms with Gasteiger partial charge in [0.1, 0.15) is 0 Å². The maximum Gasteiger partial charge on any atom is 0.234 e. The van der Waals surface area contributed by atoms with Crippen molar-refractivity contribution in [3.8, 4) is 0 Å². The SMILES string of the molecule is CC(C)c1ccc(NC(=O)CSc2ccc(NC(=O)Cc3ccccc3)cc2)cc1. The summed E-state index contributed by atoms with van der Waals surface area (Å²) in [6.45, 7) is 4.29. The third kappa shape index (κ3) is 6.78. The highest BCUT2D eigenvalue weighted by atomic mass is 32.2. The minimum atomic E-state index is -0.0514. The van der Waals surface area contributed by atoms with Crippen molar-refractivity contribution in [2.24, 2.45) is 0 Å². The monoisotopic (exact) mass is 418 g/mol. The molecule has 0 saturated heterocycles. The highest BCUT2D eigenvalue weighted by Gasteiger charge is 2.07. The summed E-state index contributed by atoms with van der Waals surface area (Å²) < 4.78 is 0. The van der Waals surface area contributed by atoms with Gasteiger partial charge in [-0.3, -0.25) is 9.59 Å². The van der Waals surface area contributed by atoms with Gasteiger partial charge in [-0.05, 0) is 53.4 Å². The molecule has 0 fully saturated rings. The molecule has 0 atom stereocenters. The Kier molecular flexibility index (Phi) is 7.69. The standard InChI is InChI=1S/C25H26N2O2S/c1-18(2)20-8-10-21(11-9-20)27-25(29)17-30-23-14-12-22(13-15-23)26-24(28)16-19-6-4-3-5-7-19/h3-15,18H,16-17H2,1-2H3,(H,26,28)(H,27,29). The van der Waals surface area contributed by atoms with E-state index in [1.165, 1.54) is 17.3 Å². The molecule has 30 heavy (non-hydrogen) atoms. The summed E-state index contributed by atoms with van der Waals surface area (Å²) in [4.78, 5) is 25.3. The lowest BCUT2D eigenvalue weighted by atomic mass is 10.0. The van der Waals surface area contributed by atoms with Crippen LogP contribution < -0.4 is 10.6 Å². The molecule has 0 bridgehead atoms. The summed E-state index contributed by atoms with van der Waals surface area (Å²) in [5.41, 5.74) is 3.78. The molecule has 0 saturated carbocycles. The molecule has 0 aliphatic heterocycles. The zero-order valence-electron chi connectivity index (χ0n) is 17.2. The summed E-state index contributed by atoms with van der Waals surface area (Å²) in [6.07, 6.45) is 0.343. The fourth-order valence-electron chi connectivity index (χ4n) is 2.92. The van der Waals surface area contributed by atoms with E-state index in [0.717, 1.165) is 21.8 Å². The van der Waals surface area contributed by atoms with Gasteiger partial charge in [0.25, 0.3) is 0 Å². The van der Waals surface area contributed by atoms with E-state index in [9.17, 15) is 9.59 Å². The Morgan fingerprint density at radius 2 is 1.33 bits per heavy atom. The van der Waals surface area contributed by atoms with E-state index in [1.807, 2.05) is 78.9 Å². The first-order valence-corrected chi connectivity index (χ1v) is 10.9. The number of rotatable bonds is 8. The third-order valence-electron chi connectivity index (χ3n) is 4.58. The first-order valence-electron chi connectivity index (χ1n) is 9.96. The summed E-state index contributed by atoms with van der Waals surface area (Å²) in [5.74, 6) is 0.699. The predicted octanol–water partition coefficient (Wildman–Crippen LogP) is 5.72. The minimum Gasteiger partial charge on any atom is -0.326 e. The van der Waals surface area contributed by atoms with Gasteiger partial charge in [-0.25, -0.2) is 0 Å². The molecule has 2 N–H and O–H groups in total. The van der Waals surface area contributed by atoms with Crippen molar-refractivity contribution in [1.82, 2.24) is 0 Å². The smallest absolute Gasteiger partial charge is 0.234 e. The second kappa shape index (κ2) is 10.6. The van der Waals surface area contributed by atoms with E-state index in [0.29, 0.717) is 18.1 Å². The highest BCUT2D eigenvalue weighted by molar-refractivity contribution is 8.00. The first-order chi connectivity index (χ1) is 14.5. The fourth-order valence-corrected chi connectivity index (χ4v) is 3.62. The van der Waals surface area contributed by atoms with Gasteiger partial charge in [0.05, 0.1) is 12.2 Å². The van der Waals surface area contributed by atoms with Crippen LogP contribution in [0.2, 0.25) is 0 Å². The number of nitrogens with one attached hydrogen (secondary N) is 2. The Hall–Kier alpha value is -3.05. The summed E-state index contributed by atoms with van der Waals surface area (Å²) in [5, 5.41) is 5.82. The van der Waals surface area contributed by atoms with Crippen molar-refractivity contribution < 1.29 is 9.59 Å². The fraction of sp³-hybridized carbons (Fsp3) is 0.200. The molecule has 0 unspecified atom stereocenters. The van der Waals surface area contributed by atoms with Gasteiger partial charge in [0, 0.05) is 16.3 Å². The van der Waals surface area contributed by atoms with E-state index in [-0.39, 0.29) is 11.8 Å². The van der Waals surface area contributed by atoms with Crippen molar-refractivity contribution in [2.75, 3.05) is 16.4 Å². The van der Waals surface area contributed by atoms with Crippen LogP contribution >= 0.6 is 11.8 Å². The number of carbonyl (C=O) groups is 2. The van der Waals surface area contributed by atoms with Crippen LogP contribution in [0.4, 0.5) is 11.4 Å². The first kappa shape index (κ1) is 21.7. The molecule has 0 aliphatic carbocycles. The Balaban J connectivity index is 1.44. The van der Waals surface area contributed by atoms with Crippen LogP contribution in [0.15, 0.2) is 83.8 Å². The van der Waals surface area contributed by atoms with E-state index >= 15 is 0 Å². The lowest BCUT2D eigenvalue weighted by Gasteiger charge is -2.09. The lowest BCUT2D eigenvalue weighted by molar-refractivity contribution is -0.115. The number of hydrogen-bond acceptors (Lipinski definition) is 3. The molecule has 0 aromatic heterocycles. The van der Waals surface area contributed by atoms with Crippen molar-refractivity contribution in [2.45, 2.75) is 31.1 Å². The topological polar surface area (TPSA) is 58.2 Å². The molecule has 0 spiro atoms. The largest absolute Gasteiger partial charge is 0.326 e. The van der Waals surface area contributed by atoms with Crippen molar-refractivity contribution >= 4 is 35.0 Å². The van der Waals surface area contributed by atoms with Gasteiger partial charge < -0.3 is 10.6 Å². The normalized spacial score (nSPS) is 10.6. The molecular weight excluding hydrogens is 392 g/mol. The van der Waals surface area contributed by atoms with Gasteiger partial charge in [-0.2, -0.15) is 0 Å². The summed E-state index contributed by atoms with van der Waals surface area (Å²) in [6, 6.07) is 25.1. The molecule has 154 valence electrons. The molecule has 2 amide bonds. The molecule has 3 rings (SSSR count). The van der Waals surface area contributed by atoms with E-state index in [4.69, 9.17) is 0 Å². The van der Waals surface area contributed by atoms with E-state index in [2.05, 4.69) is 24.5 Å². The Morgan fingerprint density at radius 3 is 1.93 bits per heavy atom. The van der Waals surface area contributed by atoms with E-state index in [1.54, 1.807) is 0 Å². The molecule has 3 aromatic carbocycles. The number of anilines is 2. The zero-order valence-corrected chi connectivity index (χ0v) is 18.0. The van der Waals surface area contributed by atoms with Gasteiger partial charge in [-0.1, -0.05) is 56.3 Å². The third-order valence-corrected chi connectivity index (χ3v) is 5.59. The number of thioether (sulfide) groups is 1. The van der Waals surface area contributed by atoms with Crippen LogP contribution in [0.3, 0.4) is 0 Å². The van der Waals surface area contributed by atoms with Crippen LogP contribution in [0, 0.1) is 0 Å². The van der Waals surface area contributed by atoms with Crippen LogP contribution in [0.25, 0.3) is 0 Å². The predicted molar refractivity (Wildman–Crippen MR) is 125 cm³/mol. The van der Waals surface area contributed by atoms with Gasteiger partial charge in [0.2, 0.25) is 11.8 Å². The van der Waals surface area contributed by atoms with Crippen LogP contribution in [0.1, 0.15) is 30.9 Å². The Morgan fingerprint density at radius 1 is 0.767 bits per heavy atom. The molecule has 3 aromatic rings. The maximum atomic E-state index is 12.2. The van der Waals surface area contributed by atoms with Gasteiger partial charge in [-0.15, -0.1) is 11.8 Å². The van der Waals surface area contributed by atoms with Crippen molar-refractivity contribution in [1.29, 1.82) is 0 Å². The zero-order chi connectivity index (χ0) is 21.3. The second-order valence-electron chi connectivity index (χ2n) is 7.35. The minimum absolute atomic E-state index is 0.0439. The number of amides is 2. The van der Waals surface area contributed by atoms with Crippen LogP contribution in [-0.2, 0) is 16.0 Å². The molecule has 0 aliphatic rings.